The van der Waals surface area contributed by atoms with Crippen molar-refractivity contribution in [1.29, 1.82) is 0 Å². The van der Waals surface area contributed by atoms with Gasteiger partial charge in [-0.3, -0.25) is 4.90 Å². The average Bonchev–Trinajstić information content (AvgIpc) is 2.85. The summed E-state index contributed by atoms with van der Waals surface area (Å²) in [6.45, 7) is 4.80. The van der Waals surface area contributed by atoms with Crippen molar-refractivity contribution in [2.75, 3.05) is 39.0 Å². The number of hydrogen-bond acceptors (Lipinski definition) is 5. The summed E-state index contributed by atoms with van der Waals surface area (Å²) in [5, 5.41) is 0. The Morgan fingerprint density at radius 3 is 2.78 bits per heavy atom. The van der Waals surface area contributed by atoms with Gasteiger partial charge in [0.05, 0.1) is 12.4 Å². The maximum atomic E-state index is 11.7. The normalized spacial score (nSPS) is 25.3. The fourth-order valence-electron chi connectivity index (χ4n) is 3.28. The highest BCUT2D eigenvalue weighted by atomic mass is 32.2. The van der Waals surface area contributed by atoms with E-state index in [9.17, 15) is 8.42 Å². The minimum Gasteiger partial charge on any atom is -0.373 e. The van der Waals surface area contributed by atoms with Crippen molar-refractivity contribution < 1.29 is 13.2 Å². The Labute approximate surface area is 143 Å². The van der Waals surface area contributed by atoms with Crippen LogP contribution in [0.1, 0.15) is 41.5 Å². The van der Waals surface area contributed by atoms with Gasteiger partial charge >= 0.3 is 0 Å². The zero-order valence-electron chi connectivity index (χ0n) is 13.7. The molecule has 2 aliphatic heterocycles. The van der Waals surface area contributed by atoms with Crippen molar-refractivity contribution >= 4 is 21.4 Å². The first-order valence-electron chi connectivity index (χ1n) is 8.40. The highest BCUT2D eigenvalue weighted by Crippen LogP contribution is 2.33. The molecule has 1 aromatic heterocycles. The van der Waals surface area contributed by atoms with Crippen LogP contribution in [0.5, 0.6) is 0 Å². The van der Waals surface area contributed by atoms with E-state index in [1.54, 1.807) is 4.31 Å². The van der Waals surface area contributed by atoms with E-state index < -0.39 is 10.0 Å². The fraction of sp³-hybridized carbons (Fsp3) is 0.750. The molecule has 2 fully saturated rings. The fourth-order valence-corrected chi connectivity index (χ4v) is 5.29. The predicted octanol–water partition coefficient (Wildman–Crippen LogP) is 2.46. The second kappa shape index (κ2) is 7.61. The first-order chi connectivity index (χ1) is 11.0. The Morgan fingerprint density at radius 2 is 2.04 bits per heavy atom. The molecule has 1 atom stereocenters. The van der Waals surface area contributed by atoms with Gasteiger partial charge in [-0.1, -0.05) is 0 Å². The largest absolute Gasteiger partial charge is 0.373 e. The molecule has 2 aliphatic rings. The third-order valence-electron chi connectivity index (χ3n) is 4.58. The highest BCUT2D eigenvalue weighted by Gasteiger charge is 2.22. The topological polar surface area (TPSA) is 49.9 Å². The van der Waals surface area contributed by atoms with Gasteiger partial charge in [0.1, 0.15) is 0 Å². The predicted molar refractivity (Wildman–Crippen MR) is 93.2 cm³/mol. The summed E-state index contributed by atoms with van der Waals surface area (Å²) in [5.74, 6) is 0. The summed E-state index contributed by atoms with van der Waals surface area (Å²) in [4.78, 5) is 5.05. The van der Waals surface area contributed by atoms with Crippen molar-refractivity contribution in [3.05, 3.63) is 21.9 Å². The van der Waals surface area contributed by atoms with Crippen LogP contribution in [0.4, 0.5) is 0 Å². The lowest BCUT2D eigenvalue weighted by atomic mass is 10.1. The Morgan fingerprint density at radius 1 is 1.17 bits per heavy atom. The molecule has 23 heavy (non-hydrogen) atoms. The maximum Gasteiger partial charge on any atom is 0.211 e. The number of hydrogen-bond donors (Lipinski definition) is 0. The zero-order valence-corrected chi connectivity index (χ0v) is 15.4. The molecule has 0 radical (unpaired) electrons. The number of rotatable bonds is 4. The van der Waals surface area contributed by atoms with Gasteiger partial charge in [-0.05, 0) is 44.4 Å². The Hall–Kier alpha value is -0.470. The van der Waals surface area contributed by atoms with Crippen LogP contribution in [0.3, 0.4) is 0 Å². The second-order valence-electron chi connectivity index (χ2n) is 6.45. The van der Waals surface area contributed by atoms with E-state index in [0.717, 1.165) is 39.1 Å². The minimum absolute atomic E-state index is 0.285. The van der Waals surface area contributed by atoms with Crippen LogP contribution in [0, 0.1) is 0 Å². The Balaban J connectivity index is 1.56. The monoisotopic (exact) mass is 358 g/mol. The van der Waals surface area contributed by atoms with Crippen molar-refractivity contribution in [1.82, 2.24) is 9.21 Å². The van der Waals surface area contributed by atoms with Crippen LogP contribution in [0.15, 0.2) is 12.1 Å². The smallest absolute Gasteiger partial charge is 0.211 e. The molecular formula is C16H26N2O3S2. The lowest BCUT2D eigenvalue weighted by molar-refractivity contribution is 0.0172. The number of thiophene rings is 1. The molecule has 1 unspecified atom stereocenters. The molecule has 0 aliphatic carbocycles. The Bertz CT molecular complexity index is 609. The van der Waals surface area contributed by atoms with E-state index in [2.05, 4.69) is 17.0 Å². The van der Waals surface area contributed by atoms with Gasteiger partial charge in [0, 0.05) is 42.5 Å². The van der Waals surface area contributed by atoms with E-state index in [-0.39, 0.29) is 6.10 Å². The first kappa shape index (κ1) is 17.4. The molecule has 0 N–H and O–H groups in total. The molecule has 0 spiro atoms. The number of nitrogens with zero attached hydrogens (tertiary/aromatic N) is 2. The summed E-state index contributed by atoms with van der Waals surface area (Å²) in [6, 6.07) is 4.41. The molecule has 0 saturated carbocycles. The van der Waals surface area contributed by atoms with Gasteiger partial charge in [0.2, 0.25) is 10.0 Å². The van der Waals surface area contributed by atoms with Crippen molar-refractivity contribution in [3.8, 4) is 0 Å². The number of sulfonamides is 1. The van der Waals surface area contributed by atoms with Gasteiger partial charge in [-0.25, -0.2) is 12.7 Å². The highest BCUT2D eigenvalue weighted by molar-refractivity contribution is 7.88. The van der Waals surface area contributed by atoms with Gasteiger partial charge in [-0.15, -0.1) is 11.3 Å². The van der Waals surface area contributed by atoms with Crippen LogP contribution < -0.4 is 0 Å². The second-order valence-corrected chi connectivity index (χ2v) is 9.63. The van der Waals surface area contributed by atoms with E-state index >= 15 is 0 Å². The summed E-state index contributed by atoms with van der Waals surface area (Å²) in [6.07, 6.45) is 6.06. The molecular weight excluding hydrogens is 332 g/mol. The zero-order chi connectivity index (χ0) is 16.3. The lowest BCUT2D eigenvalue weighted by Gasteiger charge is -2.21. The van der Waals surface area contributed by atoms with Crippen LogP contribution in [0.25, 0.3) is 0 Å². The van der Waals surface area contributed by atoms with Gasteiger partial charge < -0.3 is 4.74 Å². The summed E-state index contributed by atoms with van der Waals surface area (Å²) < 4.78 is 30.8. The molecule has 1 aromatic rings. The SMILES string of the molecule is CS(=O)(=O)N1CCCN(Cc2ccc(C3CCCCO3)s2)CC1. The van der Waals surface area contributed by atoms with Crippen LogP contribution >= 0.6 is 11.3 Å². The standard InChI is InChI=1S/C16H26N2O3S2/c1-23(19,20)18-9-4-8-17(10-11-18)13-14-6-7-16(22-14)15-5-2-3-12-21-15/h6-7,15H,2-5,8-13H2,1H3. The molecule has 5 nitrogen and oxygen atoms in total. The molecule has 3 heterocycles. The van der Waals surface area contributed by atoms with E-state index in [0.29, 0.717) is 13.1 Å². The third-order valence-corrected chi connectivity index (χ3v) is 7.04. The quantitative estimate of drug-likeness (QED) is 0.830. The third kappa shape index (κ3) is 4.76. The minimum atomic E-state index is -3.06. The van der Waals surface area contributed by atoms with Crippen LogP contribution in [0.2, 0.25) is 0 Å². The van der Waals surface area contributed by atoms with Gasteiger partial charge in [0.25, 0.3) is 0 Å². The molecule has 2 saturated heterocycles. The van der Waals surface area contributed by atoms with Crippen molar-refractivity contribution in [3.63, 3.8) is 0 Å². The molecule has 3 rings (SSSR count). The van der Waals surface area contributed by atoms with Crippen molar-refractivity contribution in [2.24, 2.45) is 0 Å². The number of ether oxygens (including phenoxy) is 1. The molecule has 130 valence electrons. The van der Waals surface area contributed by atoms with Crippen molar-refractivity contribution in [2.45, 2.75) is 38.3 Å². The molecule has 0 amide bonds. The van der Waals surface area contributed by atoms with E-state index in [4.69, 9.17) is 4.74 Å². The Kier molecular flexibility index (Phi) is 5.74. The average molecular weight is 359 g/mol. The first-order valence-corrected chi connectivity index (χ1v) is 11.1. The molecule has 7 heteroatoms. The van der Waals surface area contributed by atoms with Crippen LogP contribution in [-0.2, 0) is 21.3 Å². The molecule has 0 aromatic carbocycles. The maximum absolute atomic E-state index is 11.7. The van der Waals surface area contributed by atoms with Crippen LogP contribution in [-0.4, -0.2) is 56.7 Å². The summed E-state index contributed by atoms with van der Waals surface area (Å²) in [7, 11) is -3.06. The summed E-state index contributed by atoms with van der Waals surface area (Å²) >= 11 is 1.85. The lowest BCUT2D eigenvalue weighted by Crippen LogP contribution is -2.34. The molecule has 0 bridgehead atoms. The van der Waals surface area contributed by atoms with Gasteiger partial charge in [0.15, 0.2) is 0 Å². The summed E-state index contributed by atoms with van der Waals surface area (Å²) in [5.41, 5.74) is 0. The van der Waals surface area contributed by atoms with E-state index in [1.807, 2.05) is 11.3 Å². The van der Waals surface area contributed by atoms with E-state index in [1.165, 1.54) is 28.9 Å². The van der Waals surface area contributed by atoms with Gasteiger partial charge in [-0.2, -0.15) is 0 Å².